The molecule has 1 aliphatic rings. The molecule has 0 saturated heterocycles. The van der Waals surface area contributed by atoms with E-state index in [1.807, 2.05) is 0 Å². The predicted octanol–water partition coefficient (Wildman–Crippen LogP) is 0.414. The Morgan fingerprint density at radius 1 is 1.42 bits per heavy atom. The van der Waals surface area contributed by atoms with E-state index in [0.717, 1.165) is 17.1 Å². The standard InChI is InChI=1S/C15H21N3O5S/c1-11(15(20)21)9-18(12-5-6-12)14(19)10-17(2)24(22,23)13-4-3-7-16-8-13/h3-4,7-8,11-12H,5-6,9-10H2,1-2H3,(H,20,21). The first-order chi connectivity index (χ1) is 11.2. The highest BCUT2D eigenvalue weighted by Gasteiger charge is 2.36. The Kier molecular flexibility index (Phi) is 5.55. The third-order valence-electron chi connectivity index (χ3n) is 3.90. The molecule has 0 radical (unpaired) electrons. The zero-order valence-electron chi connectivity index (χ0n) is 13.6. The van der Waals surface area contributed by atoms with E-state index in [-0.39, 0.29) is 29.9 Å². The van der Waals surface area contributed by atoms with Crippen molar-refractivity contribution in [1.29, 1.82) is 0 Å². The number of likely N-dealkylation sites (N-methyl/N-ethyl adjacent to an activating group) is 1. The van der Waals surface area contributed by atoms with Gasteiger partial charge in [0.2, 0.25) is 15.9 Å². The largest absolute Gasteiger partial charge is 0.481 e. The van der Waals surface area contributed by atoms with E-state index in [1.54, 1.807) is 0 Å². The lowest BCUT2D eigenvalue weighted by Crippen LogP contribution is -2.44. The summed E-state index contributed by atoms with van der Waals surface area (Å²) in [7, 11) is -2.49. The molecule has 1 heterocycles. The van der Waals surface area contributed by atoms with Crippen LogP contribution in [0.2, 0.25) is 0 Å². The van der Waals surface area contributed by atoms with E-state index < -0.39 is 21.9 Å². The number of pyridine rings is 1. The summed E-state index contributed by atoms with van der Waals surface area (Å²) in [6.45, 7) is 1.28. The molecule has 1 atom stereocenters. The fourth-order valence-electron chi connectivity index (χ4n) is 2.26. The molecule has 1 amide bonds. The van der Waals surface area contributed by atoms with Gasteiger partial charge in [-0.25, -0.2) is 8.42 Å². The number of aliphatic carboxylic acids is 1. The zero-order valence-corrected chi connectivity index (χ0v) is 14.4. The van der Waals surface area contributed by atoms with Crippen LogP contribution in [0.5, 0.6) is 0 Å². The van der Waals surface area contributed by atoms with Crippen molar-refractivity contribution < 1.29 is 23.1 Å². The van der Waals surface area contributed by atoms with Gasteiger partial charge in [0.25, 0.3) is 0 Å². The number of aromatic nitrogens is 1. The Bertz CT molecular complexity index is 703. The van der Waals surface area contributed by atoms with Gasteiger partial charge in [-0.2, -0.15) is 4.31 Å². The average molecular weight is 355 g/mol. The molecule has 8 nitrogen and oxygen atoms in total. The predicted molar refractivity (Wildman–Crippen MR) is 85.6 cm³/mol. The van der Waals surface area contributed by atoms with Crippen molar-refractivity contribution >= 4 is 21.9 Å². The first kappa shape index (κ1) is 18.3. The van der Waals surface area contributed by atoms with E-state index in [1.165, 1.54) is 43.4 Å². The summed E-state index contributed by atoms with van der Waals surface area (Å²) < 4.78 is 25.8. The number of carbonyl (C=O) groups is 2. The van der Waals surface area contributed by atoms with Gasteiger partial charge < -0.3 is 10.0 Å². The molecule has 0 bridgehead atoms. The minimum absolute atomic E-state index is 0.00814. The Labute approximate surface area is 141 Å². The molecule has 9 heteroatoms. The number of hydrogen-bond acceptors (Lipinski definition) is 5. The monoisotopic (exact) mass is 355 g/mol. The fraction of sp³-hybridized carbons (Fsp3) is 0.533. The van der Waals surface area contributed by atoms with Crippen molar-refractivity contribution in [2.24, 2.45) is 5.92 Å². The molecule has 24 heavy (non-hydrogen) atoms. The van der Waals surface area contributed by atoms with Gasteiger partial charge in [0, 0.05) is 32.0 Å². The van der Waals surface area contributed by atoms with Crippen LogP contribution in [0.1, 0.15) is 19.8 Å². The van der Waals surface area contributed by atoms with E-state index in [0.29, 0.717) is 0 Å². The number of amides is 1. The molecule has 0 aliphatic heterocycles. The number of carboxylic acid groups (broad SMARTS) is 1. The molecule has 1 aromatic heterocycles. The van der Waals surface area contributed by atoms with E-state index >= 15 is 0 Å². The van der Waals surface area contributed by atoms with Gasteiger partial charge in [0.05, 0.1) is 12.5 Å². The third-order valence-corrected chi connectivity index (χ3v) is 5.69. The van der Waals surface area contributed by atoms with Crippen molar-refractivity contribution in [1.82, 2.24) is 14.2 Å². The molecule has 132 valence electrons. The van der Waals surface area contributed by atoms with Crippen LogP contribution in [-0.4, -0.2) is 65.8 Å². The van der Waals surface area contributed by atoms with Crippen LogP contribution in [0.4, 0.5) is 0 Å². The first-order valence-electron chi connectivity index (χ1n) is 7.62. The van der Waals surface area contributed by atoms with Gasteiger partial charge in [-0.1, -0.05) is 6.92 Å². The van der Waals surface area contributed by atoms with Crippen LogP contribution in [0.25, 0.3) is 0 Å². The Balaban J connectivity index is 2.07. The molecule has 2 rings (SSSR count). The van der Waals surface area contributed by atoms with Gasteiger partial charge in [0.15, 0.2) is 0 Å². The normalized spacial score (nSPS) is 16.0. The zero-order chi connectivity index (χ0) is 17.9. The third kappa shape index (κ3) is 4.30. The second-order valence-electron chi connectivity index (χ2n) is 5.97. The molecular weight excluding hydrogens is 334 g/mol. The van der Waals surface area contributed by atoms with Crippen molar-refractivity contribution in [3.63, 3.8) is 0 Å². The van der Waals surface area contributed by atoms with E-state index in [9.17, 15) is 18.0 Å². The lowest BCUT2D eigenvalue weighted by molar-refractivity contribution is -0.143. The first-order valence-corrected chi connectivity index (χ1v) is 9.06. The molecule has 1 unspecified atom stereocenters. The molecular formula is C15H21N3O5S. The number of hydrogen-bond donors (Lipinski definition) is 1. The Morgan fingerprint density at radius 2 is 2.08 bits per heavy atom. The lowest BCUT2D eigenvalue weighted by atomic mass is 10.1. The lowest BCUT2D eigenvalue weighted by Gasteiger charge is -2.26. The van der Waals surface area contributed by atoms with Crippen LogP contribution < -0.4 is 0 Å². The number of sulfonamides is 1. The highest BCUT2D eigenvalue weighted by atomic mass is 32.2. The second-order valence-corrected chi connectivity index (χ2v) is 8.01. The average Bonchev–Trinajstić information content (AvgIpc) is 3.37. The summed E-state index contributed by atoms with van der Waals surface area (Å²) in [6, 6.07) is 2.93. The maximum absolute atomic E-state index is 12.5. The van der Waals surface area contributed by atoms with Gasteiger partial charge in [-0.15, -0.1) is 0 Å². The fourth-order valence-corrected chi connectivity index (χ4v) is 3.34. The van der Waals surface area contributed by atoms with Gasteiger partial charge in [-0.3, -0.25) is 14.6 Å². The molecule has 1 fully saturated rings. The molecule has 1 aromatic rings. The topological polar surface area (TPSA) is 108 Å². The smallest absolute Gasteiger partial charge is 0.308 e. The van der Waals surface area contributed by atoms with Crippen LogP contribution in [0.3, 0.4) is 0 Å². The van der Waals surface area contributed by atoms with Crippen LogP contribution in [0.15, 0.2) is 29.4 Å². The summed E-state index contributed by atoms with van der Waals surface area (Å²) >= 11 is 0. The maximum Gasteiger partial charge on any atom is 0.308 e. The number of carbonyl (C=O) groups excluding carboxylic acids is 1. The summed E-state index contributed by atoms with van der Waals surface area (Å²) in [6.07, 6.45) is 4.32. The van der Waals surface area contributed by atoms with Gasteiger partial charge in [-0.05, 0) is 25.0 Å². The van der Waals surface area contributed by atoms with Crippen molar-refractivity contribution in [3.8, 4) is 0 Å². The Morgan fingerprint density at radius 3 is 2.58 bits per heavy atom. The van der Waals surface area contributed by atoms with Crippen LogP contribution in [0, 0.1) is 5.92 Å². The van der Waals surface area contributed by atoms with E-state index in [4.69, 9.17) is 5.11 Å². The molecule has 1 saturated carbocycles. The van der Waals surface area contributed by atoms with Crippen LogP contribution in [-0.2, 0) is 19.6 Å². The van der Waals surface area contributed by atoms with Crippen molar-refractivity contribution in [3.05, 3.63) is 24.5 Å². The number of rotatable bonds is 8. The molecule has 0 spiro atoms. The molecule has 0 aromatic carbocycles. The summed E-state index contributed by atoms with van der Waals surface area (Å²) in [5.41, 5.74) is 0. The van der Waals surface area contributed by atoms with Gasteiger partial charge >= 0.3 is 5.97 Å². The summed E-state index contributed by atoms with van der Waals surface area (Å²) in [4.78, 5) is 28.8. The van der Waals surface area contributed by atoms with Crippen molar-refractivity contribution in [2.75, 3.05) is 20.1 Å². The SMILES string of the molecule is CC(CN(C(=O)CN(C)S(=O)(=O)c1cccnc1)C1CC1)C(=O)O. The minimum atomic E-state index is -3.81. The van der Waals surface area contributed by atoms with E-state index in [2.05, 4.69) is 4.98 Å². The summed E-state index contributed by atoms with van der Waals surface area (Å²) in [5, 5.41) is 9.02. The molecule has 1 aliphatic carbocycles. The second kappa shape index (κ2) is 7.27. The highest BCUT2D eigenvalue weighted by molar-refractivity contribution is 7.89. The molecule has 1 N–H and O–H groups in total. The Hall–Kier alpha value is -2.00. The number of carboxylic acids is 1. The minimum Gasteiger partial charge on any atom is -0.481 e. The highest BCUT2D eigenvalue weighted by Crippen LogP contribution is 2.28. The maximum atomic E-state index is 12.5. The van der Waals surface area contributed by atoms with Gasteiger partial charge in [0.1, 0.15) is 4.90 Å². The van der Waals surface area contributed by atoms with Crippen molar-refractivity contribution in [2.45, 2.75) is 30.7 Å². The quantitative estimate of drug-likeness (QED) is 0.724. The number of nitrogens with zero attached hydrogens (tertiary/aromatic N) is 3. The summed E-state index contributed by atoms with van der Waals surface area (Å²) in [5.74, 6) is -2.07. The van der Waals surface area contributed by atoms with Crippen LogP contribution >= 0.6 is 0 Å².